The Labute approximate surface area is 119 Å². The maximum Gasteiger partial charge on any atom is 0.243 e. The van der Waals surface area contributed by atoms with Gasteiger partial charge in [0.1, 0.15) is 0 Å². The third-order valence-corrected chi connectivity index (χ3v) is 4.53. The lowest BCUT2D eigenvalue weighted by Gasteiger charge is -2.07. The van der Waals surface area contributed by atoms with Gasteiger partial charge in [0.25, 0.3) is 0 Å². The molecule has 0 aliphatic carbocycles. The molecule has 0 saturated heterocycles. The molecule has 2 rings (SSSR count). The maximum absolute atomic E-state index is 4.50. The fourth-order valence-corrected chi connectivity index (χ4v) is 3.06. The first-order valence-electron chi connectivity index (χ1n) is 5.92. The van der Waals surface area contributed by atoms with Crippen molar-refractivity contribution in [2.75, 3.05) is 5.32 Å². The first kappa shape index (κ1) is 13.4. The van der Waals surface area contributed by atoms with E-state index in [0.717, 1.165) is 28.7 Å². The predicted molar refractivity (Wildman–Crippen MR) is 77.9 cm³/mol. The van der Waals surface area contributed by atoms with Crippen LogP contribution < -0.4 is 5.32 Å². The van der Waals surface area contributed by atoms with E-state index < -0.39 is 0 Å². The lowest BCUT2D eigenvalue weighted by Crippen LogP contribution is -2.09. The fraction of sp³-hybridized carbons (Fsp3) is 0.417. The number of hydrogen-bond donors (Lipinski definition) is 1. The van der Waals surface area contributed by atoms with E-state index in [0.29, 0.717) is 12.5 Å². The van der Waals surface area contributed by atoms with E-state index in [1.165, 1.54) is 4.88 Å². The van der Waals surface area contributed by atoms with Gasteiger partial charge in [-0.15, -0.1) is 16.4 Å². The molecule has 6 heteroatoms. The summed E-state index contributed by atoms with van der Waals surface area (Å²) in [6, 6.07) is 2.04. The molecule has 2 aromatic rings. The Morgan fingerprint density at radius 3 is 2.61 bits per heavy atom. The van der Waals surface area contributed by atoms with E-state index in [1.54, 1.807) is 11.3 Å². The first-order chi connectivity index (χ1) is 8.74. The molecule has 0 amide bonds. The molecule has 0 radical (unpaired) electrons. The third kappa shape index (κ3) is 3.05. The molecule has 2 heterocycles. The van der Waals surface area contributed by atoms with Gasteiger partial charge in [0, 0.05) is 9.35 Å². The van der Waals surface area contributed by atoms with Gasteiger partial charge in [-0.2, -0.15) is 5.10 Å². The van der Waals surface area contributed by atoms with Crippen molar-refractivity contribution in [2.24, 2.45) is 0 Å². The van der Waals surface area contributed by atoms with Crippen LogP contribution in [0.3, 0.4) is 0 Å². The molecular weight excluding hydrogens is 312 g/mol. The normalized spacial score (nSPS) is 10.6. The van der Waals surface area contributed by atoms with Crippen molar-refractivity contribution in [3.63, 3.8) is 0 Å². The molecule has 96 valence electrons. The van der Waals surface area contributed by atoms with Crippen LogP contribution in [-0.2, 0) is 19.4 Å². The van der Waals surface area contributed by atoms with E-state index in [1.807, 2.05) is 6.07 Å². The lowest BCUT2D eigenvalue weighted by atomic mass is 10.2. The monoisotopic (exact) mass is 326 g/mol. The van der Waals surface area contributed by atoms with Crippen LogP contribution in [0.5, 0.6) is 0 Å². The first-order valence-corrected chi connectivity index (χ1v) is 7.60. The van der Waals surface area contributed by atoms with Crippen molar-refractivity contribution in [2.45, 2.75) is 33.2 Å². The molecule has 0 fully saturated rings. The Bertz CT molecular complexity index is 527. The van der Waals surface area contributed by atoms with Crippen LogP contribution in [0, 0.1) is 0 Å². The molecule has 0 unspecified atom stereocenters. The van der Waals surface area contributed by atoms with Gasteiger partial charge in [0.15, 0.2) is 0 Å². The Morgan fingerprint density at radius 1 is 1.22 bits per heavy atom. The van der Waals surface area contributed by atoms with E-state index >= 15 is 0 Å². The van der Waals surface area contributed by atoms with Crippen molar-refractivity contribution < 1.29 is 0 Å². The van der Waals surface area contributed by atoms with Gasteiger partial charge in [0.2, 0.25) is 5.95 Å². The molecule has 0 aromatic carbocycles. The average molecular weight is 327 g/mol. The number of hydrogen-bond acceptors (Lipinski definition) is 5. The number of halogens is 1. The van der Waals surface area contributed by atoms with E-state index in [9.17, 15) is 0 Å². The zero-order valence-electron chi connectivity index (χ0n) is 10.4. The third-order valence-electron chi connectivity index (χ3n) is 2.61. The molecule has 0 saturated carbocycles. The second-order valence-electron chi connectivity index (χ2n) is 3.78. The van der Waals surface area contributed by atoms with Gasteiger partial charge in [-0.25, -0.2) is 4.98 Å². The van der Waals surface area contributed by atoms with Crippen LogP contribution in [0.15, 0.2) is 15.9 Å². The van der Waals surface area contributed by atoms with Gasteiger partial charge in [-0.05, 0) is 40.2 Å². The number of nitrogens with one attached hydrogen (secondary N) is 1. The number of anilines is 1. The molecule has 0 spiro atoms. The summed E-state index contributed by atoms with van der Waals surface area (Å²) in [5.41, 5.74) is 2.01. The molecular formula is C12H15BrN4S. The van der Waals surface area contributed by atoms with Crippen molar-refractivity contribution in [1.29, 1.82) is 0 Å². The topological polar surface area (TPSA) is 50.7 Å². The number of aryl methyl sites for hydroxylation is 2. The summed E-state index contributed by atoms with van der Waals surface area (Å²) >= 11 is 5.21. The molecule has 1 N–H and O–H groups in total. The minimum Gasteiger partial charge on any atom is -0.348 e. The van der Waals surface area contributed by atoms with Gasteiger partial charge >= 0.3 is 0 Å². The summed E-state index contributed by atoms with van der Waals surface area (Å²) < 4.78 is 1.12. The van der Waals surface area contributed by atoms with Gasteiger partial charge in [0.05, 0.1) is 17.9 Å². The number of rotatable bonds is 5. The number of thiophene rings is 1. The Kier molecular flexibility index (Phi) is 4.66. The van der Waals surface area contributed by atoms with Crippen molar-refractivity contribution in [3.8, 4) is 0 Å². The SMILES string of the molecule is CCc1nnc(NCc2sccc2Br)nc1CC. The molecule has 0 atom stereocenters. The predicted octanol–water partition coefficient (Wildman–Crippen LogP) is 3.43. The number of nitrogens with zero attached hydrogens (tertiary/aromatic N) is 3. The lowest BCUT2D eigenvalue weighted by molar-refractivity contribution is 0.820. The van der Waals surface area contributed by atoms with Crippen molar-refractivity contribution in [3.05, 3.63) is 32.2 Å². The standard InChI is InChI=1S/C12H15BrN4S/c1-3-9-10(4-2)16-17-12(15-9)14-7-11-8(13)5-6-18-11/h5-6H,3-4,7H2,1-2H3,(H,14,15,17). The smallest absolute Gasteiger partial charge is 0.243 e. The van der Waals surface area contributed by atoms with Gasteiger partial charge in [-0.1, -0.05) is 13.8 Å². The molecule has 0 bridgehead atoms. The minimum absolute atomic E-state index is 0.601. The van der Waals surface area contributed by atoms with E-state index in [2.05, 4.69) is 55.7 Å². The van der Waals surface area contributed by atoms with Crippen molar-refractivity contribution >= 4 is 33.2 Å². The molecule has 0 aliphatic heterocycles. The Balaban J connectivity index is 2.08. The largest absolute Gasteiger partial charge is 0.348 e. The highest BCUT2D eigenvalue weighted by atomic mass is 79.9. The zero-order chi connectivity index (χ0) is 13.0. The Morgan fingerprint density at radius 2 is 2.00 bits per heavy atom. The quantitative estimate of drug-likeness (QED) is 0.914. The van der Waals surface area contributed by atoms with Crippen LogP contribution in [0.25, 0.3) is 0 Å². The summed E-state index contributed by atoms with van der Waals surface area (Å²) in [7, 11) is 0. The average Bonchev–Trinajstić information content (AvgIpc) is 2.81. The zero-order valence-corrected chi connectivity index (χ0v) is 12.8. The molecule has 2 aromatic heterocycles. The number of aromatic nitrogens is 3. The van der Waals surface area contributed by atoms with E-state index in [4.69, 9.17) is 0 Å². The second kappa shape index (κ2) is 6.24. The Hall–Kier alpha value is -1.01. The second-order valence-corrected chi connectivity index (χ2v) is 5.64. The van der Waals surface area contributed by atoms with Crippen LogP contribution >= 0.6 is 27.3 Å². The highest BCUT2D eigenvalue weighted by Gasteiger charge is 2.07. The molecule has 0 aliphatic rings. The molecule has 4 nitrogen and oxygen atoms in total. The van der Waals surface area contributed by atoms with E-state index in [-0.39, 0.29) is 0 Å². The summed E-state index contributed by atoms with van der Waals surface area (Å²) in [5.74, 6) is 0.601. The van der Waals surface area contributed by atoms with Crippen LogP contribution in [0.2, 0.25) is 0 Å². The van der Waals surface area contributed by atoms with Crippen LogP contribution in [0.1, 0.15) is 30.1 Å². The van der Waals surface area contributed by atoms with Gasteiger partial charge in [-0.3, -0.25) is 0 Å². The minimum atomic E-state index is 0.601. The summed E-state index contributed by atoms with van der Waals surface area (Å²) in [6.07, 6.45) is 1.76. The van der Waals surface area contributed by atoms with Crippen LogP contribution in [-0.4, -0.2) is 15.2 Å². The van der Waals surface area contributed by atoms with Crippen LogP contribution in [0.4, 0.5) is 5.95 Å². The summed E-state index contributed by atoms with van der Waals surface area (Å²) in [5, 5.41) is 13.6. The fourth-order valence-electron chi connectivity index (χ4n) is 1.62. The highest BCUT2D eigenvalue weighted by molar-refractivity contribution is 9.10. The van der Waals surface area contributed by atoms with Gasteiger partial charge < -0.3 is 5.32 Å². The molecule has 18 heavy (non-hydrogen) atoms. The maximum atomic E-state index is 4.50. The summed E-state index contributed by atoms with van der Waals surface area (Å²) in [4.78, 5) is 5.73. The summed E-state index contributed by atoms with van der Waals surface area (Å²) in [6.45, 7) is 4.87. The van der Waals surface area contributed by atoms with Crippen molar-refractivity contribution in [1.82, 2.24) is 15.2 Å². The highest BCUT2D eigenvalue weighted by Crippen LogP contribution is 2.23.